The largest absolute Gasteiger partial charge is 0.299 e. The second kappa shape index (κ2) is 6.01. The number of carbonyl (C=O) groups is 2. The maximum Gasteiger partial charge on any atom is 0.170 e. The van der Waals surface area contributed by atoms with Crippen molar-refractivity contribution in [2.24, 2.45) is 0 Å². The highest BCUT2D eigenvalue weighted by molar-refractivity contribution is 6.07. The van der Waals surface area contributed by atoms with E-state index in [-0.39, 0.29) is 18.0 Å². The molecule has 1 aromatic carbocycles. The molecule has 16 heavy (non-hydrogen) atoms. The number of benzene rings is 1. The van der Waals surface area contributed by atoms with E-state index in [4.69, 9.17) is 0 Å². The van der Waals surface area contributed by atoms with Gasteiger partial charge in [0.1, 0.15) is 5.78 Å². The Morgan fingerprint density at radius 1 is 1.12 bits per heavy atom. The zero-order valence-electron chi connectivity index (χ0n) is 9.53. The van der Waals surface area contributed by atoms with Crippen LogP contribution in [0.2, 0.25) is 0 Å². The lowest BCUT2D eigenvalue weighted by atomic mass is 10.0. The lowest BCUT2D eigenvalue weighted by Crippen LogP contribution is -2.07. The normalized spacial score (nSPS) is 9.81. The fourth-order valence-corrected chi connectivity index (χ4v) is 1.35. The molecule has 0 aliphatic rings. The minimum Gasteiger partial charge on any atom is -0.299 e. The molecule has 0 aromatic heterocycles. The van der Waals surface area contributed by atoms with E-state index in [9.17, 15) is 9.59 Å². The van der Waals surface area contributed by atoms with Gasteiger partial charge in [0, 0.05) is 12.0 Å². The van der Waals surface area contributed by atoms with Gasteiger partial charge in [0.2, 0.25) is 0 Å². The van der Waals surface area contributed by atoms with Crippen LogP contribution in [-0.2, 0) is 4.79 Å². The summed E-state index contributed by atoms with van der Waals surface area (Å²) in [5.41, 5.74) is 1.58. The van der Waals surface area contributed by atoms with Crippen molar-refractivity contribution in [1.82, 2.24) is 0 Å². The second-order valence-electron chi connectivity index (χ2n) is 3.96. The molecule has 0 saturated carbocycles. The molecule has 1 rings (SSSR count). The summed E-state index contributed by atoms with van der Waals surface area (Å²) < 4.78 is 0. The minimum absolute atomic E-state index is 0.00269. The molecule has 0 N–H and O–H groups in total. The van der Waals surface area contributed by atoms with Gasteiger partial charge in [-0.1, -0.05) is 35.9 Å². The molecule has 0 aliphatic heterocycles. The number of rotatable bonds is 6. The van der Waals surface area contributed by atoms with E-state index >= 15 is 0 Å². The predicted octanol–water partition coefficient (Wildman–Crippen LogP) is 3.18. The molecule has 0 radical (unpaired) electrons. The SMILES string of the molecule is C=C(C)CCC(=O)CC(=O)c1ccccc1. The van der Waals surface area contributed by atoms with Crippen LogP contribution in [-0.4, -0.2) is 11.6 Å². The molecule has 0 fully saturated rings. The summed E-state index contributed by atoms with van der Waals surface area (Å²) >= 11 is 0. The van der Waals surface area contributed by atoms with Crippen LogP contribution in [0.15, 0.2) is 42.5 Å². The van der Waals surface area contributed by atoms with Gasteiger partial charge in [-0.2, -0.15) is 0 Å². The number of allylic oxidation sites excluding steroid dienone is 1. The molecule has 1 aromatic rings. The van der Waals surface area contributed by atoms with Crippen molar-refractivity contribution in [3.05, 3.63) is 48.0 Å². The van der Waals surface area contributed by atoms with Crippen molar-refractivity contribution in [3.63, 3.8) is 0 Å². The van der Waals surface area contributed by atoms with Gasteiger partial charge in [-0.15, -0.1) is 6.58 Å². The van der Waals surface area contributed by atoms with Crippen molar-refractivity contribution < 1.29 is 9.59 Å². The van der Waals surface area contributed by atoms with Crippen molar-refractivity contribution in [3.8, 4) is 0 Å². The molecular weight excluding hydrogens is 200 g/mol. The summed E-state index contributed by atoms with van der Waals surface area (Å²) in [5.74, 6) is -0.121. The van der Waals surface area contributed by atoms with Gasteiger partial charge in [0.05, 0.1) is 6.42 Å². The Kier molecular flexibility index (Phi) is 4.65. The van der Waals surface area contributed by atoms with E-state index in [2.05, 4.69) is 6.58 Å². The summed E-state index contributed by atoms with van der Waals surface area (Å²) in [4.78, 5) is 23.1. The molecule has 2 heteroatoms. The molecule has 0 heterocycles. The van der Waals surface area contributed by atoms with Gasteiger partial charge in [-0.05, 0) is 13.3 Å². The third-order valence-corrected chi connectivity index (χ3v) is 2.28. The summed E-state index contributed by atoms with van der Waals surface area (Å²) in [6.45, 7) is 5.61. The van der Waals surface area contributed by atoms with Gasteiger partial charge in [0.15, 0.2) is 5.78 Å². The van der Waals surface area contributed by atoms with Crippen LogP contribution in [0, 0.1) is 0 Å². The highest BCUT2D eigenvalue weighted by Crippen LogP contribution is 2.07. The average molecular weight is 216 g/mol. The Morgan fingerprint density at radius 3 is 2.31 bits per heavy atom. The molecule has 0 amide bonds. The van der Waals surface area contributed by atoms with E-state index in [1.165, 1.54) is 0 Å². The van der Waals surface area contributed by atoms with E-state index in [0.29, 0.717) is 18.4 Å². The summed E-state index contributed by atoms with van der Waals surface area (Å²) in [5, 5.41) is 0. The fraction of sp³-hybridized carbons (Fsp3) is 0.286. The van der Waals surface area contributed by atoms with E-state index in [1.807, 2.05) is 13.0 Å². The molecule has 0 bridgehead atoms. The number of Topliss-reactive ketones (excluding diaryl/α,β-unsaturated/α-hetero) is 2. The molecule has 0 atom stereocenters. The molecule has 0 aliphatic carbocycles. The number of hydrogen-bond acceptors (Lipinski definition) is 2. The smallest absolute Gasteiger partial charge is 0.170 e. The Balaban J connectivity index is 2.46. The number of ketones is 2. The van der Waals surface area contributed by atoms with Crippen LogP contribution in [0.1, 0.15) is 36.5 Å². The van der Waals surface area contributed by atoms with Crippen LogP contribution in [0.5, 0.6) is 0 Å². The van der Waals surface area contributed by atoms with Crippen LogP contribution < -0.4 is 0 Å². The van der Waals surface area contributed by atoms with Crippen molar-refractivity contribution in [1.29, 1.82) is 0 Å². The van der Waals surface area contributed by atoms with Gasteiger partial charge in [0.25, 0.3) is 0 Å². The molecular formula is C14H16O2. The van der Waals surface area contributed by atoms with Crippen molar-refractivity contribution >= 4 is 11.6 Å². The second-order valence-corrected chi connectivity index (χ2v) is 3.96. The monoisotopic (exact) mass is 216 g/mol. The van der Waals surface area contributed by atoms with Gasteiger partial charge in [-0.25, -0.2) is 0 Å². The Morgan fingerprint density at radius 2 is 1.75 bits per heavy atom. The highest BCUT2D eigenvalue weighted by Gasteiger charge is 2.10. The van der Waals surface area contributed by atoms with E-state index in [1.54, 1.807) is 24.3 Å². The fourth-order valence-electron chi connectivity index (χ4n) is 1.35. The first kappa shape index (κ1) is 12.4. The first-order valence-electron chi connectivity index (χ1n) is 5.34. The lowest BCUT2D eigenvalue weighted by Gasteiger charge is -2.01. The van der Waals surface area contributed by atoms with Crippen LogP contribution in [0.25, 0.3) is 0 Å². The Bertz CT molecular complexity index is 390. The first-order valence-corrected chi connectivity index (χ1v) is 5.34. The number of hydrogen-bond donors (Lipinski definition) is 0. The average Bonchev–Trinajstić information content (AvgIpc) is 2.27. The number of carbonyl (C=O) groups excluding carboxylic acids is 2. The minimum atomic E-state index is -0.104. The Hall–Kier alpha value is -1.70. The highest BCUT2D eigenvalue weighted by atomic mass is 16.1. The Labute approximate surface area is 96.0 Å². The predicted molar refractivity (Wildman–Crippen MR) is 64.4 cm³/mol. The van der Waals surface area contributed by atoms with Gasteiger partial charge in [-0.3, -0.25) is 9.59 Å². The standard InChI is InChI=1S/C14H16O2/c1-11(2)8-9-13(15)10-14(16)12-6-4-3-5-7-12/h3-7H,1,8-10H2,2H3. The van der Waals surface area contributed by atoms with Crippen LogP contribution in [0.4, 0.5) is 0 Å². The third kappa shape index (κ3) is 4.22. The van der Waals surface area contributed by atoms with E-state index < -0.39 is 0 Å². The van der Waals surface area contributed by atoms with Crippen LogP contribution >= 0.6 is 0 Å². The molecule has 0 unspecified atom stereocenters. The molecule has 0 saturated heterocycles. The lowest BCUT2D eigenvalue weighted by molar-refractivity contribution is -0.118. The molecule has 84 valence electrons. The quantitative estimate of drug-likeness (QED) is 0.416. The van der Waals surface area contributed by atoms with E-state index in [0.717, 1.165) is 5.57 Å². The maximum absolute atomic E-state index is 11.7. The van der Waals surface area contributed by atoms with Gasteiger partial charge < -0.3 is 0 Å². The zero-order valence-corrected chi connectivity index (χ0v) is 9.53. The summed E-state index contributed by atoms with van der Waals surface area (Å²) in [6, 6.07) is 8.90. The van der Waals surface area contributed by atoms with Crippen molar-refractivity contribution in [2.45, 2.75) is 26.2 Å². The summed E-state index contributed by atoms with van der Waals surface area (Å²) in [7, 11) is 0. The third-order valence-electron chi connectivity index (χ3n) is 2.28. The zero-order chi connectivity index (χ0) is 12.0. The summed E-state index contributed by atoms with van der Waals surface area (Å²) in [6.07, 6.45) is 1.08. The maximum atomic E-state index is 11.7. The molecule has 2 nitrogen and oxygen atoms in total. The van der Waals surface area contributed by atoms with Crippen LogP contribution in [0.3, 0.4) is 0 Å². The topological polar surface area (TPSA) is 34.1 Å². The molecule has 0 spiro atoms. The van der Waals surface area contributed by atoms with Crippen molar-refractivity contribution in [2.75, 3.05) is 0 Å². The first-order chi connectivity index (χ1) is 7.59. The van der Waals surface area contributed by atoms with Gasteiger partial charge >= 0.3 is 0 Å².